The zero-order valence-corrected chi connectivity index (χ0v) is 6.78. The van der Waals surface area contributed by atoms with Crippen molar-refractivity contribution in [3.8, 4) is 0 Å². The minimum Gasteiger partial charge on any atom is -0.252 e. The molecule has 12 heavy (non-hydrogen) atoms. The van der Waals surface area contributed by atoms with Crippen molar-refractivity contribution in [1.29, 1.82) is 0 Å². The summed E-state index contributed by atoms with van der Waals surface area (Å²) < 4.78 is 35.3. The lowest BCUT2D eigenvalue weighted by Crippen LogP contribution is -2.08. The topological polar surface area (TPSA) is 12.4 Å². The number of nitrogens with zero attached hydrogens (tertiary/aromatic N) is 1. The fourth-order valence-electron chi connectivity index (χ4n) is 0.334. The second-order valence-electron chi connectivity index (χ2n) is 2.21. The van der Waals surface area contributed by atoms with Gasteiger partial charge in [-0.1, -0.05) is 20.1 Å². The molecular weight excluding hydrogens is 167 g/mol. The van der Waals surface area contributed by atoms with Gasteiger partial charge < -0.3 is 0 Å². The van der Waals surface area contributed by atoms with Crippen LogP contribution in [0.1, 0.15) is 13.3 Å². The highest BCUT2D eigenvalue weighted by Gasteiger charge is 2.31. The molecule has 0 aliphatic carbocycles. The van der Waals surface area contributed by atoms with Gasteiger partial charge in [-0.05, 0) is 12.0 Å². The summed E-state index contributed by atoms with van der Waals surface area (Å²) in [6.45, 7) is 8.02. The van der Waals surface area contributed by atoms with Crippen molar-refractivity contribution in [2.45, 2.75) is 19.5 Å². The number of rotatable bonds is 3. The van der Waals surface area contributed by atoms with Gasteiger partial charge in [0.05, 0.1) is 0 Å². The Bertz CT molecular complexity index is 213. The summed E-state index contributed by atoms with van der Waals surface area (Å²) in [7, 11) is 0. The molecule has 0 unspecified atom stereocenters. The normalized spacial score (nSPS) is 12.0. The van der Waals surface area contributed by atoms with Crippen molar-refractivity contribution in [2.75, 3.05) is 0 Å². The van der Waals surface area contributed by atoms with Gasteiger partial charge in [0, 0.05) is 6.21 Å². The molecule has 4 heteroatoms. The molecule has 0 heterocycles. The van der Waals surface area contributed by atoms with E-state index in [0.29, 0.717) is 12.0 Å². The molecule has 0 aliphatic heterocycles. The van der Waals surface area contributed by atoms with Gasteiger partial charge in [-0.15, -0.1) is 0 Å². The van der Waals surface area contributed by atoms with Crippen LogP contribution in [-0.4, -0.2) is 12.4 Å². The van der Waals surface area contributed by atoms with Crippen LogP contribution in [0.3, 0.4) is 0 Å². The van der Waals surface area contributed by atoms with Crippen LogP contribution in [0.25, 0.3) is 0 Å². The Morgan fingerprint density at radius 3 is 2.25 bits per heavy atom. The Kier molecular flexibility index (Phi) is 3.73. The third-order valence-electron chi connectivity index (χ3n) is 1.18. The van der Waals surface area contributed by atoms with Gasteiger partial charge in [0.2, 0.25) is 0 Å². The Hall–Kier alpha value is -1.06. The molecule has 0 aliphatic rings. The van der Waals surface area contributed by atoms with Gasteiger partial charge >= 0.3 is 6.18 Å². The Morgan fingerprint density at radius 2 is 1.92 bits per heavy atom. The third-order valence-corrected chi connectivity index (χ3v) is 1.18. The zero-order chi connectivity index (χ0) is 9.78. The largest absolute Gasteiger partial charge is 0.432 e. The van der Waals surface area contributed by atoms with Crippen LogP contribution in [0.15, 0.2) is 29.4 Å². The number of allylic oxidation sites excluding steroid dienone is 2. The highest BCUT2D eigenvalue weighted by atomic mass is 19.4. The Morgan fingerprint density at radius 1 is 1.42 bits per heavy atom. The molecule has 0 spiro atoms. The summed E-state index contributed by atoms with van der Waals surface area (Å²) >= 11 is 0. The van der Waals surface area contributed by atoms with Crippen molar-refractivity contribution in [1.82, 2.24) is 0 Å². The molecule has 0 aromatic rings. The van der Waals surface area contributed by atoms with Crippen LogP contribution in [0.4, 0.5) is 13.2 Å². The minimum absolute atomic E-state index is 0.542. The second kappa shape index (κ2) is 4.09. The summed E-state index contributed by atoms with van der Waals surface area (Å²) in [6, 6.07) is 0. The van der Waals surface area contributed by atoms with E-state index in [-0.39, 0.29) is 0 Å². The maximum atomic E-state index is 11.8. The summed E-state index contributed by atoms with van der Waals surface area (Å²) in [5.74, 6) is 0. The molecule has 0 radical (unpaired) electrons. The number of hydrogen-bond acceptors (Lipinski definition) is 1. The first kappa shape index (κ1) is 10.9. The molecule has 0 aromatic heterocycles. The molecule has 0 saturated heterocycles. The van der Waals surface area contributed by atoms with Crippen LogP contribution < -0.4 is 0 Å². The lowest BCUT2D eigenvalue weighted by molar-refractivity contribution is -0.0918. The summed E-state index contributed by atoms with van der Waals surface area (Å²) in [5, 5.41) is 0. The summed E-state index contributed by atoms with van der Waals surface area (Å²) in [4.78, 5) is 3.12. The molecule has 0 rings (SSSR count). The van der Waals surface area contributed by atoms with E-state index in [1.54, 1.807) is 6.92 Å². The third kappa shape index (κ3) is 3.95. The summed E-state index contributed by atoms with van der Waals surface area (Å²) in [6.07, 6.45) is -2.78. The standard InChI is InChI=1S/C8H10F3N/c1-4-6(2)5-12-7(3)8(9,10)11/h5H,2-4H2,1H3/b12-5-. The SMILES string of the molecule is C=C(/C=N\C(=C)C(F)(F)F)CC. The van der Waals surface area contributed by atoms with Crippen molar-refractivity contribution in [2.24, 2.45) is 4.99 Å². The van der Waals surface area contributed by atoms with E-state index in [0.717, 1.165) is 6.21 Å². The predicted octanol–water partition coefficient (Wildman–Crippen LogP) is 3.10. The number of hydrogen-bond donors (Lipinski definition) is 0. The van der Waals surface area contributed by atoms with E-state index in [1.165, 1.54) is 0 Å². The smallest absolute Gasteiger partial charge is 0.252 e. The number of aliphatic imine (C=N–C) groups is 1. The predicted molar refractivity (Wildman–Crippen MR) is 43.1 cm³/mol. The van der Waals surface area contributed by atoms with Crippen molar-refractivity contribution < 1.29 is 13.2 Å². The van der Waals surface area contributed by atoms with E-state index < -0.39 is 11.9 Å². The van der Waals surface area contributed by atoms with Crippen molar-refractivity contribution in [3.63, 3.8) is 0 Å². The maximum Gasteiger partial charge on any atom is 0.432 e. The lowest BCUT2D eigenvalue weighted by Gasteiger charge is -2.03. The fourth-order valence-corrected chi connectivity index (χ4v) is 0.334. The Labute approximate surface area is 69.3 Å². The number of alkyl halides is 3. The molecule has 1 nitrogen and oxygen atoms in total. The molecule has 0 atom stereocenters. The second-order valence-corrected chi connectivity index (χ2v) is 2.21. The molecule has 0 saturated carbocycles. The highest BCUT2D eigenvalue weighted by molar-refractivity contribution is 5.78. The average Bonchev–Trinajstić information content (AvgIpc) is 1.97. The van der Waals surface area contributed by atoms with Gasteiger partial charge in [-0.25, -0.2) is 0 Å². The van der Waals surface area contributed by atoms with E-state index in [1.807, 2.05) is 0 Å². The van der Waals surface area contributed by atoms with E-state index in [9.17, 15) is 13.2 Å². The van der Waals surface area contributed by atoms with Crippen LogP contribution >= 0.6 is 0 Å². The van der Waals surface area contributed by atoms with Gasteiger partial charge in [-0.3, -0.25) is 4.99 Å². The van der Waals surface area contributed by atoms with Gasteiger partial charge in [0.15, 0.2) is 0 Å². The quantitative estimate of drug-likeness (QED) is 0.587. The minimum atomic E-state index is -4.44. The molecular formula is C8H10F3N. The van der Waals surface area contributed by atoms with Crippen LogP contribution in [-0.2, 0) is 0 Å². The first-order chi connectivity index (χ1) is 5.38. The van der Waals surface area contributed by atoms with Gasteiger partial charge in [0.25, 0.3) is 0 Å². The van der Waals surface area contributed by atoms with E-state index in [4.69, 9.17) is 0 Å². The highest BCUT2D eigenvalue weighted by Crippen LogP contribution is 2.24. The molecule has 0 N–H and O–H groups in total. The van der Waals surface area contributed by atoms with Crippen molar-refractivity contribution in [3.05, 3.63) is 24.4 Å². The Balaban J connectivity index is 4.19. The van der Waals surface area contributed by atoms with Gasteiger partial charge in [-0.2, -0.15) is 13.2 Å². The van der Waals surface area contributed by atoms with Gasteiger partial charge in [0.1, 0.15) is 5.70 Å². The fraction of sp³-hybridized carbons (Fsp3) is 0.375. The first-order valence-electron chi connectivity index (χ1n) is 3.36. The molecule has 0 bridgehead atoms. The van der Waals surface area contributed by atoms with Crippen molar-refractivity contribution >= 4 is 6.21 Å². The first-order valence-corrected chi connectivity index (χ1v) is 3.36. The summed E-state index contributed by atoms with van der Waals surface area (Å²) in [5.41, 5.74) is -0.558. The molecule has 68 valence electrons. The molecule has 0 aromatic carbocycles. The van der Waals surface area contributed by atoms with Crippen LogP contribution in [0.5, 0.6) is 0 Å². The maximum absolute atomic E-state index is 11.8. The average molecular weight is 177 g/mol. The number of halogens is 3. The van der Waals surface area contributed by atoms with E-state index >= 15 is 0 Å². The monoisotopic (exact) mass is 177 g/mol. The van der Waals surface area contributed by atoms with Crippen LogP contribution in [0.2, 0.25) is 0 Å². The molecule has 0 amide bonds. The lowest BCUT2D eigenvalue weighted by atomic mass is 10.2. The molecule has 0 fully saturated rings. The van der Waals surface area contributed by atoms with E-state index in [2.05, 4.69) is 18.2 Å². The van der Waals surface area contributed by atoms with Crippen LogP contribution in [0, 0.1) is 0 Å². The zero-order valence-electron chi connectivity index (χ0n) is 6.78.